The summed E-state index contributed by atoms with van der Waals surface area (Å²) in [5.74, 6) is 0.959. The van der Waals surface area contributed by atoms with E-state index in [1.165, 1.54) is 5.30 Å². The highest BCUT2D eigenvalue weighted by Crippen LogP contribution is 2.20. The molecule has 0 N–H and O–H groups in total. The highest BCUT2D eigenvalue weighted by molar-refractivity contribution is 7.49. The Kier molecular flexibility index (Phi) is 3.38. The standard InChI is InChI=1S/C9H11OP/c1-3-11-9-7-5-4-6-8(9)10-2/h4-7,11H,1-2H3. The Balaban J connectivity index is 2.83. The van der Waals surface area contributed by atoms with Crippen LogP contribution in [0.25, 0.3) is 0 Å². The molecule has 1 atom stereocenters. The molecule has 1 aromatic carbocycles. The van der Waals surface area contributed by atoms with Crippen LogP contribution in [0.1, 0.15) is 6.92 Å². The van der Waals surface area contributed by atoms with Crippen LogP contribution < -0.4 is 10.0 Å². The van der Waals surface area contributed by atoms with Gasteiger partial charge in [-0.3, -0.25) is 0 Å². The van der Waals surface area contributed by atoms with Crippen LogP contribution in [0.2, 0.25) is 0 Å². The third kappa shape index (κ3) is 2.20. The molecule has 0 aliphatic carbocycles. The number of ether oxygens (including phenoxy) is 1. The number of rotatable bonds is 3. The Morgan fingerprint density at radius 2 is 2.09 bits per heavy atom. The smallest absolute Gasteiger partial charge is 0.126 e. The van der Waals surface area contributed by atoms with E-state index in [0.29, 0.717) is 8.58 Å². The Bertz CT molecular complexity index is 223. The minimum Gasteiger partial charge on any atom is -0.496 e. The second-order valence-electron chi connectivity index (χ2n) is 2.08. The first-order chi connectivity index (χ1) is 5.38. The number of methoxy groups -OCH3 is 1. The third-order valence-corrected chi connectivity index (χ3v) is 2.30. The lowest BCUT2D eigenvalue weighted by molar-refractivity contribution is 0.418. The van der Waals surface area contributed by atoms with Crippen molar-refractivity contribution >= 4 is 13.9 Å². The van der Waals surface area contributed by atoms with Gasteiger partial charge in [0.1, 0.15) is 5.75 Å². The molecule has 0 amide bonds. The first-order valence-electron chi connectivity index (χ1n) is 3.44. The molecule has 58 valence electrons. The molecule has 0 spiro atoms. The Hall–Kier alpha value is -0.550. The van der Waals surface area contributed by atoms with Gasteiger partial charge in [-0.15, -0.1) is 0 Å². The van der Waals surface area contributed by atoms with Gasteiger partial charge in [0.15, 0.2) is 0 Å². The van der Waals surface area contributed by atoms with E-state index >= 15 is 0 Å². The van der Waals surface area contributed by atoms with Crippen molar-refractivity contribution in [2.24, 2.45) is 0 Å². The minimum absolute atomic E-state index is 0.618. The normalized spacial score (nSPS) is 10.7. The van der Waals surface area contributed by atoms with E-state index in [4.69, 9.17) is 4.74 Å². The summed E-state index contributed by atoms with van der Waals surface area (Å²) in [7, 11) is 2.31. The first-order valence-corrected chi connectivity index (χ1v) is 4.44. The topological polar surface area (TPSA) is 9.23 Å². The Morgan fingerprint density at radius 1 is 1.36 bits per heavy atom. The van der Waals surface area contributed by atoms with Crippen LogP contribution in [-0.4, -0.2) is 7.11 Å². The average Bonchev–Trinajstić information content (AvgIpc) is 2.06. The second kappa shape index (κ2) is 4.35. The summed E-state index contributed by atoms with van der Waals surface area (Å²) in [5, 5.41) is 1.22. The lowest BCUT2D eigenvalue weighted by Gasteiger charge is -2.05. The molecule has 0 fully saturated rings. The van der Waals surface area contributed by atoms with E-state index in [9.17, 15) is 0 Å². The zero-order valence-corrected chi connectivity index (χ0v) is 7.72. The molecule has 2 radical (unpaired) electrons. The predicted octanol–water partition coefficient (Wildman–Crippen LogP) is 2.06. The van der Waals surface area contributed by atoms with Gasteiger partial charge in [0.25, 0.3) is 0 Å². The molecule has 0 heterocycles. The molecule has 0 aliphatic heterocycles. The number of hydrogen-bond acceptors (Lipinski definition) is 1. The summed E-state index contributed by atoms with van der Waals surface area (Å²) in [6, 6.07) is 8.03. The van der Waals surface area contributed by atoms with E-state index in [1.54, 1.807) is 7.11 Å². The zero-order chi connectivity index (χ0) is 8.10. The van der Waals surface area contributed by atoms with Crippen molar-refractivity contribution in [3.05, 3.63) is 30.4 Å². The molecular formula is C9H11OP. The van der Waals surface area contributed by atoms with E-state index < -0.39 is 0 Å². The van der Waals surface area contributed by atoms with Gasteiger partial charge in [0.2, 0.25) is 0 Å². The van der Waals surface area contributed by atoms with Crippen LogP contribution >= 0.6 is 8.58 Å². The average molecular weight is 166 g/mol. The first kappa shape index (κ1) is 8.55. The summed E-state index contributed by atoms with van der Waals surface area (Å²) in [5.41, 5.74) is 0. The molecule has 11 heavy (non-hydrogen) atoms. The molecule has 0 saturated heterocycles. The lowest BCUT2D eigenvalue weighted by atomic mass is 10.3. The Labute approximate surface area is 69.6 Å². The van der Waals surface area contributed by atoms with Crippen LogP contribution in [0, 0.1) is 6.16 Å². The SMILES string of the molecule is C[C]Pc1ccccc1OC. The summed E-state index contributed by atoms with van der Waals surface area (Å²) in [6.45, 7) is 1.94. The molecule has 1 unspecified atom stereocenters. The largest absolute Gasteiger partial charge is 0.496 e. The predicted molar refractivity (Wildman–Crippen MR) is 49.9 cm³/mol. The fourth-order valence-electron chi connectivity index (χ4n) is 0.883. The maximum Gasteiger partial charge on any atom is 0.126 e. The molecule has 0 aromatic heterocycles. The van der Waals surface area contributed by atoms with Crippen molar-refractivity contribution in [1.29, 1.82) is 0 Å². The molecule has 1 rings (SSSR count). The number of para-hydroxylation sites is 1. The van der Waals surface area contributed by atoms with Gasteiger partial charge in [-0.05, 0) is 6.07 Å². The molecular weight excluding hydrogens is 155 g/mol. The van der Waals surface area contributed by atoms with Crippen molar-refractivity contribution < 1.29 is 4.74 Å². The highest BCUT2D eigenvalue weighted by Gasteiger charge is 1.98. The van der Waals surface area contributed by atoms with E-state index in [1.807, 2.05) is 25.1 Å². The number of benzene rings is 1. The van der Waals surface area contributed by atoms with Gasteiger partial charge in [0, 0.05) is 11.5 Å². The molecule has 0 saturated carbocycles. The van der Waals surface area contributed by atoms with E-state index in [2.05, 4.69) is 12.2 Å². The Morgan fingerprint density at radius 3 is 2.73 bits per heavy atom. The van der Waals surface area contributed by atoms with Crippen LogP contribution in [0.3, 0.4) is 0 Å². The van der Waals surface area contributed by atoms with Crippen LogP contribution in [0.4, 0.5) is 0 Å². The quantitative estimate of drug-likeness (QED) is 0.624. The maximum atomic E-state index is 5.16. The van der Waals surface area contributed by atoms with Crippen molar-refractivity contribution in [2.75, 3.05) is 7.11 Å². The summed E-state index contributed by atoms with van der Waals surface area (Å²) >= 11 is 0. The minimum atomic E-state index is 0.618. The van der Waals surface area contributed by atoms with Gasteiger partial charge >= 0.3 is 0 Å². The van der Waals surface area contributed by atoms with Gasteiger partial charge in [0.05, 0.1) is 7.11 Å². The van der Waals surface area contributed by atoms with Gasteiger partial charge < -0.3 is 4.74 Å². The molecule has 0 bridgehead atoms. The lowest BCUT2D eigenvalue weighted by Crippen LogP contribution is -1.99. The summed E-state index contributed by atoms with van der Waals surface area (Å²) in [6.07, 6.45) is 3.11. The molecule has 1 nitrogen and oxygen atoms in total. The molecule has 1 aromatic rings. The maximum absolute atomic E-state index is 5.16. The highest BCUT2D eigenvalue weighted by atomic mass is 31.1. The monoisotopic (exact) mass is 166 g/mol. The van der Waals surface area contributed by atoms with Crippen molar-refractivity contribution in [3.8, 4) is 5.75 Å². The van der Waals surface area contributed by atoms with E-state index in [0.717, 1.165) is 5.75 Å². The van der Waals surface area contributed by atoms with Crippen molar-refractivity contribution in [2.45, 2.75) is 6.92 Å². The third-order valence-electron chi connectivity index (χ3n) is 1.37. The zero-order valence-electron chi connectivity index (χ0n) is 6.72. The fraction of sp³-hybridized carbons (Fsp3) is 0.222. The van der Waals surface area contributed by atoms with E-state index in [-0.39, 0.29) is 0 Å². The van der Waals surface area contributed by atoms with Gasteiger partial charge in [-0.2, -0.15) is 0 Å². The van der Waals surface area contributed by atoms with Crippen LogP contribution in [-0.2, 0) is 0 Å². The van der Waals surface area contributed by atoms with Crippen molar-refractivity contribution in [3.63, 3.8) is 0 Å². The van der Waals surface area contributed by atoms with Crippen LogP contribution in [0.5, 0.6) is 5.75 Å². The number of hydrogen-bond donors (Lipinski definition) is 0. The second-order valence-corrected chi connectivity index (χ2v) is 3.36. The van der Waals surface area contributed by atoms with Crippen LogP contribution in [0.15, 0.2) is 24.3 Å². The van der Waals surface area contributed by atoms with Gasteiger partial charge in [-0.1, -0.05) is 33.7 Å². The molecule has 2 heteroatoms. The summed E-state index contributed by atoms with van der Waals surface area (Å²) in [4.78, 5) is 0. The van der Waals surface area contributed by atoms with Gasteiger partial charge in [-0.25, -0.2) is 0 Å². The summed E-state index contributed by atoms with van der Waals surface area (Å²) < 4.78 is 5.16. The molecule has 0 aliphatic rings. The fourth-order valence-corrected chi connectivity index (χ4v) is 1.64. The van der Waals surface area contributed by atoms with Crippen molar-refractivity contribution in [1.82, 2.24) is 0 Å².